The van der Waals surface area contributed by atoms with Crippen LogP contribution in [-0.4, -0.2) is 28.3 Å². The molecule has 0 saturated carbocycles. The number of nitrogen functional groups attached to an aromatic ring is 1. The number of anilines is 2. The number of hydrogen-bond acceptors (Lipinski definition) is 5. The summed E-state index contributed by atoms with van der Waals surface area (Å²) in [4.78, 5) is 11.0. The molecule has 2 rings (SSSR count). The third kappa shape index (κ3) is 2.09. The highest BCUT2D eigenvalue weighted by Crippen LogP contribution is 2.33. The smallest absolute Gasteiger partial charge is 0.191 e. The SMILES string of the molecule is CSc1nc(N)cc(N2CCCC2(C)C)n1. The highest BCUT2D eigenvalue weighted by Gasteiger charge is 2.33. The largest absolute Gasteiger partial charge is 0.383 e. The van der Waals surface area contributed by atoms with Crippen molar-refractivity contribution in [3.63, 3.8) is 0 Å². The van der Waals surface area contributed by atoms with E-state index in [1.807, 2.05) is 12.3 Å². The average Bonchev–Trinajstić information content (AvgIpc) is 2.57. The topological polar surface area (TPSA) is 55.0 Å². The maximum Gasteiger partial charge on any atom is 0.191 e. The second-order valence-corrected chi connectivity index (χ2v) is 5.48. The quantitative estimate of drug-likeness (QED) is 0.632. The van der Waals surface area contributed by atoms with E-state index in [0.717, 1.165) is 17.5 Å². The molecule has 1 fully saturated rings. The third-order valence-corrected chi connectivity index (χ3v) is 3.62. The van der Waals surface area contributed by atoms with Crippen LogP contribution < -0.4 is 10.6 Å². The molecule has 0 radical (unpaired) electrons. The molecule has 5 heteroatoms. The van der Waals surface area contributed by atoms with Gasteiger partial charge in [0.25, 0.3) is 0 Å². The summed E-state index contributed by atoms with van der Waals surface area (Å²) in [6.07, 6.45) is 4.38. The molecule has 1 aromatic rings. The molecule has 88 valence electrons. The Morgan fingerprint density at radius 3 is 2.75 bits per heavy atom. The predicted octanol–water partition coefficient (Wildman–Crippen LogP) is 2.16. The fraction of sp³-hybridized carbons (Fsp3) is 0.636. The zero-order chi connectivity index (χ0) is 11.8. The van der Waals surface area contributed by atoms with Crippen molar-refractivity contribution in [2.45, 2.75) is 37.4 Å². The molecule has 1 aromatic heterocycles. The monoisotopic (exact) mass is 238 g/mol. The molecular formula is C11H18N4S. The normalized spacial score (nSPS) is 19.1. The maximum atomic E-state index is 5.80. The van der Waals surface area contributed by atoms with Gasteiger partial charge in [-0.1, -0.05) is 11.8 Å². The van der Waals surface area contributed by atoms with Crippen LogP contribution in [0.4, 0.5) is 11.6 Å². The molecule has 0 unspecified atom stereocenters. The van der Waals surface area contributed by atoms with Crippen molar-refractivity contribution in [2.24, 2.45) is 0 Å². The van der Waals surface area contributed by atoms with Crippen LogP contribution in [0.5, 0.6) is 0 Å². The van der Waals surface area contributed by atoms with E-state index >= 15 is 0 Å². The molecule has 1 saturated heterocycles. The Morgan fingerprint density at radius 1 is 1.44 bits per heavy atom. The van der Waals surface area contributed by atoms with E-state index in [4.69, 9.17) is 5.73 Å². The van der Waals surface area contributed by atoms with E-state index in [2.05, 4.69) is 28.7 Å². The predicted molar refractivity (Wildman–Crippen MR) is 68.9 cm³/mol. The van der Waals surface area contributed by atoms with Crippen LogP contribution in [0.15, 0.2) is 11.2 Å². The molecule has 0 spiro atoms. The van der Waals surface area contributed by atoms with Crippen molar-refractivity contribution >= 4 is 23.4 Å². The average molecular weight is 238 g/mol. The van der Waals surface area contributed by atoms with Gasteiger partial charge in [0, 0.05) is 18.2 Å². The van der Waals surface area contributed by atoms with Crippen molar-refractivity contribution in [1.82, 2.24) is 9.97 Å². The van der Waals surface area contributed by atoms with Crippen molar-refractivity contribution in [2.75, 3.05) is 23.4 Å². The molecule has 16 heavy (non-hydrogen) atoms. The summed E-state index contributed by atoms with van der Waals surface area (Å²) in [7, 11) is 0. The summed E-state index contributed by atoms with van der Waals surface area (Å²) in [5.41, 5.74) is 5.98. The minimum atomic E-state index is 0.177. The highest BCUT2D eigenvalue weighted by atomic mass is 32.2. The zero-order valence-corrected chi connectivity index (χ0v) is 10.8. The summed E-state index contributed by atoms with van der Waals surface area (Å²) in [5.74, 6) is 1.51. The molecule has 0 amide bonds. The molecule has 4 nitrogen and oxygen atoms in total. The number of nitrogens with zero attached hydrogens (tertiary/aromatic N) is 3. The Hall–Kier alpha value is -0.970. The highest BCUT2D eigenvalue weighted by molar-refractivity contribution is 7.98. The van der Waals surface area contributed by atoms with Gasteiger partial charge in [-0.25, -0.2) is 9.97 Å². The van der Waals surface area contributed by atoms with Gasteiger partial charge in [-0.15, -0.1) is 0 Å². The molecular weight excluding hydrogens is 220 g/mol. The van der Waals surface area contributed by atoms with E-state index in [-0.39, 0.29) is 5.54 Å². The first-order valence-electron chi connectivity index (χ1n) is 5.49. The van der Waals surface area contributed by atoms with Crippen LogP contribution in [-0.2, 0) is 0 Å². The Morgan fingerprint density at radius 2 is 2.19 bits per heavy atom. The molecule has 0 aromatic carbocycles. The van der Waals surface area contributed by atoms with Gasteiger partial charge in [-0.3, -0.25) is 0 Å². The van der Waals surface area contributed by atoms with Crippen LogP contribution in [0.1, 0.15) is 26.7 Å². The Bertz CT molecular complexity index is 392. The van der Waals surface area contributed by atoms with Crippen LogP contribution >= 0.6 is 11.8 Å². The lowest BCUT2D eigenvalue weighted by Crippen LogP contribution is -2.38. The fourth-order valence-corrected chi connectivity index (χ4v) is 2.57. The number of hydrogen-bond donors (Lipinski definition) is 1. The number of aromatic nitrogens is 2. The molecule has 1 aliphatic heterocycles. The van der Waals surface area contributed by atoms with Crippen LogP contribution in [0, 0.1) is 0 Å². The Kier molecular flexibility index (Phi) is 2.97. The first-order chi connectivity index (χ1) is 7.53. The fourth-order valence-electron chi connectivity index (χ4n) is 2.19. The standard InChI is InChI=1S/C11H18N4S/c1-11(2)5-4-6-15(11)9-7-8(12)13-10(14-9)16-3/h7H,4-6H2,1-3H3,(H2,12,13,14). The van der Waals surface area contributed by atoms with Crippen molar-refractivity contribution in [3.8, 4) is 0 Å². The van der Waals surface area contributed by atoms with Crippen LogP contribution in [0.2, 0.25) is 0 Å². The van der Waals surface area contributed by atoms with E-state index < -0.39 is 0 Å². The third-order valence-electron chi connectivity index (χ3n) is 3.07. The van der Waals surface area contributed by atoms with Gasteiger partial charge in [0.2, 0.25) is 0 Å². The van der Waals surface area contributed by atoms with Crippen LogP contribution in [0.3, 0.4) is 0 Å². The zero-order valence-electron chi connectivity index (χ0n) is 10.0. The van der Waals surface area contributed by atoms with Gasteiger partial charge in [-0.2, -0.15) is 0 Å². The van der Waals surface area contributed by atoms with E-state index in [0.29, 0.717) is 5.82 Å². The van der Waals surface area contributed by atoms with Gasteiger partial charge < -0.3 is 10.6 Å². The second-order valence-electron chi connectivity index (χ2n) is 4.71. The molecule has 0 atom stereocenters. The first-order valence-corrected chi connectivity index (χ1v) is 6.71. The van der Waals surface area contributed by atoms with Gasteiger partial charge >= 0.3 is 0 Å². The van der Waals surface area contributed by atoms with Crippen LogP contribution in [0.25, 0.3) is 0 Å². The van der Waals surface area contributed by atoms with Gasteiger partial charge in [-0.05, 0) is 32.9 Å². The maximum absolute atomic E-state index is 5.80. The summed E-state index contributed by atoms with van der Waals surface area (Å²) in [6.45, 7) is 5.55. The molecule has 2 N–H and O–H groups in total. The van der Waals surface area contributed by atoms with E-state index in [1.165, 1.54) is 24.6 Å². The molecule has 0 aliphatic carbocycles. The lowest BCUT2D eigenvalue weighted by atomic mass is 10.0. The van der Waals surface area contributed by atoms with Gasteiger partial charge in [0.1, 0.15) is 11.6 Å². The van der Waals surface area contributed by atoms with Gasteiger partial charge in [0.05, 0.1) is 0 Å². The summed E-state index contributed by atoms with van der Waals surface area (Å²) >= 11 is 1.53. The number of nitrogens with two attached hydrogens (primary N) is 1. The lowest BCUT2D eigenvalue weighted by molar-refractivity contribution is 0.513. The minimum absolute atomic E-state index is 0.177. The van der Waals surface area contributed by atoms with Crippen molar-refractivity contribution in [1.29, 1.82) is 0 Å². The van der Waals surface area contributed by atoms with E-state index in [1.54, 1.807) is 0 Å². The summed E-state index contributed by atoms with van der Waals surface area (Å²) in [5, 5.41) is 0.748. The van der Waals surface area contributed by atoms with Gasteiger partial charge in [0.15, 0.2) is 5.16 Å². The molecule has 2 heterocycles. The van der Waals surface area contributed by atoms with Crippen molar-refractivity contribution < 1.29 is 0 Å². The summed E-state index contributed by atoms with van der Waals surface area (Å²) in [6, 6.07) is 1.87. The van der Waals surface area contributed by atoms with Crippen molar-refractivity contribution in [3.05, 3.63) is 6.07 Å². The minimum Gasteiger partial charge on any atom is -0.383 e. The molecule has 0 bridgehead atoms. The lowest BCUT2D eigenvalue weighted by Gasteiger charge is -2.32. The first kappa shape index (κ1) is 11.5. The molecule has 1 aliphatic rings. The Balaban J connectivity index is 2.36. The second kappa shape index (κ2) is 4.13. The Labute approximate surface area is 101 Å². The number of rotatable bonds is 2. The van der Waals surface area contributed by atoms with E-state index in [9.17, 15) is 0 Å². The number of thioether (sulfide) groups is 1. The summed E-state index contributed by atoms with van der Waals surface area (Å²) < 4.78 is 0.